The first-order valence-corrected chi connectivity index (χ1v) is 9.83. The molecule has 2 rings (SSSR count). The van der Waals surface area contributed by atoms with Crippen LogP contribution in [0.15, 0.2) is 12.1 Å². The Hall–Kier alpha value is -2.37. The Kier molecular flexibility index (Phi) is 7.39. The molecule has 0 saturated carbocycles. The van der Waals surface area contributed by atoms with E-state index in [9.17, 15) is 0 Å². The van der Waals surface area contributed by atoms with Crippen molar-refractivity contribution in [3.05, 3.63) is 23.5 Å². The lowest BCUT2D eigenvalue weighted by Crippen LogP contribution is -2.17. The molecule has 6 nitrogen and oxygen atoms in total. The summed E-state index contributed by atoms with van der Waals surface area (Å²) in [5, 5.41) is 3.12. The molecular formula is C21H32N4O2. The van der Waals surface area contributed by atoms with Crippen molar-refractivity contribution in [3.63, 3.8) is 0 Å². The number of nitrogens with zero attached hydrogens (tertiary/aromatic N) is 3. The van der Waals surface area contributed by atoms with Gasteiger partial charge in [-0.2, -0.15) is 0 Å². The van der Waals surface area contributed by atoms with E-state index >= 15 is 0 Å². The van der Waals surface area contributed by atoms with Crippen molar-refractivity contribution < 1.29 is 9.47 Å². The molecule has 2 aromatic rings. The first-order valence-electron chi connectivity index (χ1n) is 9.83. The molecule has 0 amide bonds. The van der Waals surface area contributed by atoms with Gasteiger partial charge in [0.2, 0.25) is 5.88 Å². The molecule has 0 atom stereocenters. The van der Waals surface area contributed by atoms with Crippen LogP contribution in [0, 0.1) is 6.92 Å². The van der Waals surface area contributed by atoms with E-state index in [1.807, 2.05) is 40.0 Å². The van der Waals surface area contributed by atoms with Crippen molar-refractivity contribution in [1.29, 1.82) is 0 Å². The second-order valence-corrected chi connectivity index (χ2v) is 6.78. The standard InChI is InChI=1S/C21H32N4O2/c1-8-15(9-2)27-21-20(22-7)25-19(17(10-3)24-21)16-11-12-18(23-14(16)6)26-13(4)5/h11-13,15H,8-10H2,1-7H3,(H,22,25). The fraction of sp³-hybridized carbons (Fsp3) is 0.571. The molecule has 0 aliphatic carbocycles. The molecule has 148 valence electrons. The molecule has 0 aromatic carbocycles. The van der Waals surface area contributed by atoms with Crippen LogP contribution in [0.5, 0.6) is 11.8 Å². The van der Waals surface area contributed by atoms with Gasteiger partial charge in [-0.05, 0) is 46.1 Å². The van der Waals surface area contributed by atoms with Gasteiger partial charge in [0.1, 0.15) is 6.10 Å². The third-order valence-electron chi connectivity index (χ3n) is 4.37. The van der Waals surface area contributed by atoms with E-state index in [1.165, 1.54) is 0 Å². The van der Waals surface area contributed by atoms with Crippen LogP contribution in [0.3, 0.4) is 0 Å². The highest BCUT2D eigenvalue weighted by Gasteiger charge is 2.19. The molecule has 27 heavy (non-hydrogen) atoms. The summed E-state index contributed by atoms with van der Waals surface area (Å²) in [6.07, 6.45) is 2.86. The van der Waals surface area contributed by atoms with Crippen molar-refractivity contribution in [1.82, 2.24) is 15.0 Å². The second kappa shape index (κ2) is 9.53. The summed E-state index contributed by atoms with van der Waals surface area (Å²) in [7, 11) is 1.84. The van der Waals surface area contributed by atoms with Crippen LogP contribution in [-0.2, 0) is 6.42 Å². The number of pyridine rings is 1. The molecule has 2 heterocycles. The van der Waals surface area contributed by atoms with Gasteiger partial charge in [-0.1, -0.05) is 20.8 Å². The summed E-state index contributed by atoms with van der Waals surface area (Å²) in [5.41, 5.74) is 3.56. The third-order valence-corrected chi connectivity index (χ3v) is 4.37. The fourth-order valence-corrected chi connectivity index (χ4v) is 2.87. The van der Waals surface area contributed by atoms with E-state index < -0.39 is 0 Å². The summed E-state index contributed by atoms with van der Waals surface area (Å²) in [5.74, 6) is 1.84. The molecule has 0 saturated heterocycles. The average molecular weight is 373 g/mol. The summed E-state index contributed by atoms with van der Waals surface area (Å²) in [6, 6.07) is 3.89. The maximum Gasteiger partial charge on any atom is 0.257 e. The average Bonchev–Trinajstić information content (AvgIpc) is 2.65. The number of hydrogen-bond donors (Lipinski definition) is 1. The van der Waals surface area contributed by atoms with Gasteiger partial charge in [0.05, 0.1) is 23.2 Å². The van der Waals surface area contributed by atoms with Crippen molar-refractivity contribution >= 4 is 5.82 Å². The number of hydrogen-bond acceptors (Lipinski definition) is 6. The Labute approximate surface area is 162 Å². The molecule has 0 aliphatic rings. The zero-order valence-electron chi connectivity index (χ0n) is 17.6. The fourth-order valence-electron chi connectivity index (χ4n) is 2.87. The Morgan fingerprint density at radius 2 is 1.70 bits per heavy atom. The van der Waals surface area contributed by atoms with Crippen LogP contribution in [0.25, 0.3) is 11.3 Å². The molecule has 0 unspecified atom stereocenters. The molecule has 0 bridgehead atoms. The summed E-state index contributed by atoms with van der Waals surface area (Å²) in [4.78, 5) is 14.2. The zero-order chi connectivity index (χ0) is 20.0. The van der Waals surface area contributed by atoms with E-state index in [0.717, 1.165) is 41.9 Å². The van der Waals surface area contributed by atoms with E-state index in [2.05, 4.69) is 31.1 Å². The highest BCUT2D eigenvalue weighted by atomic mass is 16.5. The van der Waals surface area contributed by atoms with E-state index in [-0.39, 0.29) is 12.2 Å². The monoisotopic (exact) mass is 372 g/mol. The topological polar surface area (TPSA) is 69.2 Å². The quantitative estimate of drug-likeness (QED) is 0.681. The highest BCUT2D eigenvalue weighted by molar-refractivity contribution is 5.67. The Balaban J connectivity index is 2.47. The van der Waals surface area contributed by atoms with Gasteiger partial charge in [-0.3, -0.25) is 0 Å². The van der Waals surface area contributed by atoms with E-state index in [4.69, 9.17) is 19.4 Å². The number of ether oxygens (including phenoxy) is 2. The van der Waals surface area contributed by atoms with Crippen LogP contribution in [0.4, 0.5) is 5.82 Å². The van der Waals surface area contributed by atoms with E-state index in [1.54, 1.807) is 0 Å². The summed E-state index contributed by atoms with van der Waals surface area (Å²) >= 11 is 0. The van der Waals surface area contributed by atoms with Crippen molar-refractivity contribution in [2.45, 2.75) is 73.0 Å². The van der Waals surface area contributed by atoms with Crippen LogP contribution in [0.1, 0.15) is 58.8 Å². The van der Waals surface area contributed by atoms with Gasteiger partial charge >= 0.3 is 0 Å². The second-order valence-electron chi connectivity index (χ2n) is 6.78. The number of aromatic nitrogens is 3. The highest BCUT2D eigenvalue weighted by Crippen LogP contribution is 2.31. The third kappa shape index (κ3) is 5.08. The normalized spacial score (nSPS) is 11.1. The lowest BCUT2D eigenvalue weighted by atomic mass is 10.1. The van der Waals surface area contributed by atoms with Crippen molar-refractivity contribution in [2.24, 2.45) is 0 Å². The molecule has 0 aliphatic heterocycles. The van der Waals surface area contributed by atoms with Gasteiger partial charge in [-0.25, -0.2) is 15.0 Å². The predicted octanol–water partition coefficient (Wildman–Crippen LogP) is 4.81. The first kappa shape index (κ1) is 20.9. The maximum atomic E-state index is 6.09. The van der Waals surface area contributed by atoms with Gasteiger partial charge < -0.3 is 14.8 Å². The summed E-state index contributed by atoms with van der Waals surface area (Å²) < 4.78 is 11.8. The Bertz CT molecular complexity index is 758. The van der Waals surface area contributed by atoms with Crippen LogP contribution >= 0.6 is 0 Å². The molecule has 6 heteroatoms. The number of rotatable bonds is 9. The maximum absolute atomic E-state index is 6.09. The molecule has 0 radical (unpaired) electrons. The van der Waals surface area contributed by atoms with Crippen LogP contribution in [0.2, 0.25) is 0 Å². The zero-order valence-corrected chi connectivity index (χ0v) is 17.6. The molecule has 0 spiro atoms. The minimum atomic E-state index is 0.0890. The first-order chi connectivity index (χ1) is 12.9. The molecule has 2 aromatic heterocycles. The van der Waals surface area contributed by atoms with Gasteiger partial charge in [-0.15, -0.1) is 0 Å². The molecular weight excluding hydrogens is 340 g/mol. The van der Waals surface area contributed by atoms with E-state index in [0.29, 0.717) is 17.6 Å². The minimum Gasteiger partial charge on any atom is -0.475 e. The summed E-state index contributed by atoms with van der Waals surface area (Å²) in [6.45, 7) is 12.3. The van der Waals surface area contributed by atoms with Crippen LogP contribution < -0.4 is 14.8 Å². The smallest absolute Gasteiger partial charge is 0.257 e. The van der Waals surface area contributed by atoms with Crippen molar-refractivity contribution in [3.8, 4) is 23.0 Å². The number of aryl methyl sites for hydroxylation is 2. The number of nitrogens with one attached hydrogen (secondary N) is 1. The predicted molar refractivity (Wildman–Crippen MR) is 110 cm³/mol. The number of anilines is 1. The van der Waals surface area contributed by atoms with Gasteiger partial charge in [0, 0.05) is 18.7 Å². The minimum absolute atomic E-state index is 0.0890. The molecule has 1 N–H and O–H groups in total. The lowest BCUT2D eigenvalue weighted by Gasteiger charge is -2.19. The van der Waals surface area contributed by atoms with Crippen LogP contribution in [-0.4, -0.2) is 34.2 Å². The lowest BCUT2D eigenvalue weighted by molar-refractivity contribution is 0.185. The SMILES string of the molecule is CCc1nc(OC(CC)CC)c(NC)nc1-c1ccc(OC(C)C)nc1C. The van der Waals surface area contributed by atoms with Gasteiger partial charge in [0.15, 0.2) is 5.82 Å². The largest absolute Gasteiger partial charge is 0.475 e. The van der Waals surface area contributed by atoms with Gasteiger partial charge in [0.25, 0.3) is 5.88 Å². The Morgan fingerprint density at radius 3 is 2.22 bits per heavy atom. The van der Waals surface area contributed by atoms with Crippen molar-refractivity contribution in [2.75, 3.05) is 12.4 Å². The molecule has 0 fully saturated rings. The Morgan fingerprint density at radius 1 is 1.00 bits per heavy atom.